The van der Waals surface area contributed by atoms with Crippen LogP contribution >= 0.6 is 0 Å². The summed E-state index contributed by atoms with van der Waals surface area (Å²) in [7, 11) is -2.43. The molecule has 0 N–H and O–H groups in total. The zero-order valence-electron chi connectivity index (χ0n) is 10.6. The van der Waals surface area contributed by atoms with Crippen molar-refractivity contribution in [1.82, 2.24) is 0 Å². The summed E-state index contributed by atoms with van der Waals surface area (Å²) in [5, 5.41) is 8.70. The van der Waals surface area contributed by atoms with Crippen LogP contribution < -0.4 is 4.31 Å². The van der Waals surface area contributed by atoms with E-state index < -0.39 is 15.8 Å². The molecule has 0 aliphatic rings. The predicted molar refractivity (Wildman–Crippen MR) is 73.1 cm³/mol. The van der Waals surface area contributed by atoms with Gasteiger partial charge in [0.05, 0.1) is 22.2 Å². The van der Waals surface area contributed by atoms with Gasteiger partial charge in [-0.3, -0.25) is 4.31 Å². The van der Waals surface area contributed by atoms with Gasteiger partial charge in [0.25, 0.3) is 10.0 Å². The van der Waals surface area contributed by atoms with Crippen LogP contribution in [0.25, 0.3) is 0 Å². The van der Waals surface area contributed by atoms with Crippen LogP contribution in [-0.4, -0.2) is 15.5 Å². The first-order chi connectivity index (χ1) is 9.45. The van der Waals surface area contributed by atoms with Crippen LogP contribution in [-0.2, 0) is 10.0 Å². The summed E-state index contributed by atoms with van der Waals surface area (Å²) in [4.78, 5) is 0.0447. The van der Waals surface area contributed by atoms with Crippen LogP contribution in [0.2, 0.25) is 0 Å². The van der Waals surface area contributed by atoms with Crippen molar-refractivity contribution in [2.75, 3.05) is 11.4 Å². The average molecular weight is 290 g/mol. The Bertz CT molecular complexity index is 765. The van der Waals surface area contributed by atoms with Crippen LogP contribution in [0, 0.1) is 17.1 Å². The van der Waals surface area contributed by atoms with E-state index in [-0.39, 0.29) is 10.6 Å². The topological polar surface area (TPSA) is 61.2 Å². The minimum absolute atomic E-state index is 0.0447. The lowest BCUT2D eigenvalue weighted by molar-refractivity contribution is 0.594. The Morgan fingerprint density at radius 2 is 1.80 bits per heavy atom. The van der Waals surface area contributed by atoms with Crippen LogP contribution in [0.5, 0.6) is 0 Å². The molecule has 0 fully saturated rings. The molecule has 6 heteroatoms. The number of sulfonamides is 1. The monoisotopic (exact) mass is 290 g/mol. The van der Waals surface area contributed by atoms with Gasteiger partial charge in [0.1, 0.15) is 5.82 Å². The largest absolute Gasteiger partial charge is 0.269 e. The van der Waals surface area contributed by atoms with Crippen molar-refractivity contribution in [2.24, 2.45) is 0 Å². The van der Waals surface area contributed by atoms with Crippen LogP contribution in [0.4, 0.5) is 10.1 Å². The van der Waals surface area contributed by atoms with E-state index >= 15 is 0 Å². The van der Waals surface area contributed by atoms with Gasteiger partial charge in [0, 0.05) is 7.05 Å². The quantitative estimate of drug-likeness (QED) is 0.872. The lowest BCUT2D eigenvalue weighted by Crippen LogP contribution is -2.26. The van der Waals surface area contributed by atoms with Gasteiger partial charge in [-0.2, -0.15) is 5.26 Å². The zero-order valence-corrected chi connectivity index (χ0v) is 11.4. The molecule has 0 saturated carbocycles. The molecule has 102 valence electrons. The van der Waals surface area contributed by atoms with Crippen molar-refractivity contribution in [3.63, 3.8) is 0 Å². The molecule has 0 atom stereocenters. The van der Waals surface area contributed by atoms with Crippen molar-refractivity contribution in [1.29, 1.82) is 5.26 Å². The van der Waals surface area contributed by atoms with Gasteiger partial charge in [0.2, 0.25) is 0 Å². The summed E-state index contributed by atoms with van der Waals surface area (Å²) in [5.41, 5.74) is 0.603. The first kappa shape index (κ1) is 14.0. The van der Waals surface area contributed by atoms with E-state index in [9.17, 15) is 12.8 Å². The number of hydrogen-bond donors (Lipinski definition) is 0. The lowest BCUT2D eigenvalue weighted by atomic mass is 10.2. The Morgan fingerprint density at radius 3 is 2.35 bits per heavy atom. The zero-order chi connectivity index (χ0) is 14.8. The number of rotatable bonds is 3. The number of nitriles is 1. The predicted octanol–water partition coefficient (Wildman–Crippen LogP) is 2.52. The van der Waals surface area contributed by atoms with Gasteiger partial charge in [-0.25, -0.2) is 12.8 Å². The SMILES string of the molecule is CN(c1cccc(F)c1)S(=O)(=O)c1ccc(C#N)cc1. The highest BCUT2D eigenvalue weighted by Gasteiger charge is 2.21. The summed E-state index contributed by atoms with van der Waals surface area (Å²) >= 11 is 0. The number of nitrogens with zero attached hydrogens (tertiary/aromatic N) is 2. The molecular formula is C14H11FN2O2S. The molecule has 2 aromatic rings. The maximum Gasteiger partial charge on any atom is 0.264 e. The fourth-order valence-corrected chi connectivity index (χ4v) is 2.86. The van der Waals surface area contributed by atoms with E-state index in [0.29, 0.717) is 5.56 Å². The Morgan fingerprint density at radius 1 is 1.15 bits per heavy atom. The molecule has 4 nitrogen and oxygen atoms in total. The Balaban J connectivity index is 2.41. The highest BCUT2D eigenvalue weighted by atomic mass is 32.2. The summed E-state index contributed by atoms with van der Waals surface area (Å²) in [6.07, 6.45) is 0. The molecule has 0 aliphatic heterocycles. The molecular weight excluding hydrogens is 279 g/mol. The summed E-state index contributed by atoms with van der Waals surface area (Å²) in [6.45, 7) is 0. The van der Waals surface area contributed by atoms with Crippen molar-refractivity contribution in [3.8, 4) is 6.07 Å². The van der Waals surface area contributed by atoms with E-state index in [1.54, 1.807) is 0 Å². The van der Waals surface area contributed by atoms with E-state index in [2.05, 4.69) is 0 Å². The summed E-state index contributed by atoms with van der Waals surface area (Å²) in [6, 6.07) is 12.8. The molecule has 2 rings (SSSR count). The molecule has 0 heterocycles. The van der Waals surface area contributed by atoms with E-state index in [4.69, 9.17) is 5.26 Å². The molecule has 2 aromatic carbocycles. The van der Waals surface area contributed by atoms with Gasteiger partial charge < -0.3 is 0 Å². The number of halogens is 1. The molecule has 0 radical (unpaired) electrons. The number of anilines is 1. The first-order valence-corrected chi connectivity index (χ1v) is 7.14. The Labute approximate surface area is 116 Å². The molecule has 0 saturated heterocycles. The van der Waals surface area contributed by atoms with Crippen LogP contribution in [0.3, 0.4) is 0 Å². The van der Waals surface area contributed by atoms with E-state index in [1.165, 1.54) is 49.5 Å². The maximum atomic E-state index is 13.2. The van der Waals surface area contributed by atoms with Crippen molar-refractivity contribution < 1.29 is 12.8 Å². The van der Waals surface area contributed by atoms with Crippen molar-refractivity contribution in [2.45, 2.75) is 4.90 Å². The Hall–Kier alpha value is -2.39. The minimum atomic E-state index is -3.78. The van der Waals surface area contributed by atoms with E-state index in [0.717, 1.165) is 10.4 Å². The standard InChI is InChI=1S/C14H11FN2O2S/c1-17(13-4-2-3-12(15)9-13)20(18,19)14-7-5-11(10-16)6-8-14/h2-9H,1H3. The van der Waals surface area contributed by atoms with Gasteiger partial charge in [0.15, 0.2) is 0 Å². The summed E-state index contributed by atoms with van der Waals surface area (Å²) in [5.74, 6) is -0.510. The highest BCUT2D eigenvalue weighted by Crippen LogP contribution is 2.22. The third kappa shape index (κ3) is 2.63. The smallest absolute Gasteiger partial charge is 0.264 e. The van der Waals surface area contributed by atoms with Crippen molar-refractivity contribution >= 4 is 15.7 Å². The molecule has 0 bridgehead atoms. The Kier molecular flexibility index (Phi) is 3.72. The fraction of sp³-hybridized carbons (Fsp3) is 0.0714. The molecule has 0 aliphatic carbocycles. The average Bonchev–Trinajstić information content (AvgIpc) is 2.46. The van der Waals surface area contributed by atoms with Crippen LogP contribution in [0.1, 0.15) is 5.56 Å². The second kappa shape index (κ2) is 5.31. The van der Waals surface area contributed by atoms with Gasteiger partial charge >= 0.3 is 0 Å². The molecule has 0 unspecified atom stereocenters. The normalized spacial score (nSPS) is 10.8. The minimum Gasteiger partial charge on any atom is -0.269 e. The third-order valence-corrected chi connectivity index (χ3v) is 4.61. The number of benzene rings is 2. The van der Waals surface area contributed by atoms with Gasteiger partial charge in [-0.15, -0.1) is 0 Å². The van der Waals surface area contributed by atoms with Crippen molar-refractivity contribution in [3.05, 3.63) is 59.9 Å². The lowest BCUT2D eigenvalue weighted by Gasteiger charge is -2.19. The molecule has 0 aromatic heterocycles. The maximum absolute atomic E-state index is 13.2. The molecule has 0 amide bonds. The third-order valence-electron chi connectivity index (χ3n) is 2.81. The summed E-state index contributed by atoms with van der Waals surface area (Å²) < 4.78 is 38.9. The van der Waals surface area contributed by atoms with Gasteiger partial charge in [-0.05, 0) is 42.5 Å². The van der Waals surface area contributed by atoms with Crippen LogP contribution in [0.15, 0.2) is 53.4 Å². The van der Waals surface area contributed by atoms with Gasteiger partial charge in [-0.1, -0.05) is 6.07 Å². The first-order valence-electron chi connectivity index (χ1n) is 5.70. The second-order valence-corrected chi connectivity index (χ2v) is 6.06. The molecule has 0 spiro atoms. The highest BCUT2D eigenvalue weighted by molar-refractivity contribution is 7.92. The fourth-order valence-electron chi connectivity index (χ4n) is 1.67. The second-order valence-electron chi connectivity index (χ2n) is 4.09. The van der Waals surface area contributed by atoms with E-state index in [1.807, 2.05) is 6.07 Å². The number of hydrogen-bond acceptors (Lipinski definition) is 3. The molecule has 20 heavy (non-hydrogen) atoms.